The van der Waals surface area contributed by atoms with Crippen LogP contribution in [0, 0.1) is 0 Å². The largest absolute Gasteiger partial charge is 0.494 e. The number of ether oxygens (including phenoxy) is 2. The van der Waals surface area contributed by atoms with Gasteiger partial charge in [0.25, 0.3) is 0 Å². The van der Waals surface area contributed by atoms with Crippen molar-refractivity contribution in [3.8, 4) is 56.0 Å². The van der Waals surface area contributed by atoms with Gasteiger partial charge >= 0.3 is 0 Å². The third kappa shape index (κ3) is 19.5. The van der Waals surface area contributed by atoms with Gasteiger partial charge in [0.2, 0.25) is 0 Å². The van der Waals surface area contributed by atoms with Crippen LogP contribution in [0.15, 0.2) is 122 Å². The van der Waals surface area contributed by atoms with Crippen LogP contribution in [0.1, 0.15) is 242 Å². The van der Waals surface area contributed by atoms with Gasteiger partial charge in [0.05, 0.1) is 36.0 Å². The van der Waals surface area contributed by atoms with Crippen molar-refractivity contribution in [2.75, 3.05) is 13.2 Å². The van der Waals surface area contributed by atoms with Crippen molar-refractivity contribution in [3.63, 3.8) is 0 Å². The Morgan fingerprint density at radius 3 is 0.756 bits per heavy atom. The summed E-state index contributed by atoms with van der Waals surface area (Å²) < 4.78 is 12.8. The molecule has 86 heavy (non-hydrogen) atoms. The molecule has 0 amide bonds. The second-order valence-corrected chi connectivity index (χ2v) is 24.3. The highest BCUT2D eigenvalue weighted by Gasteiger charge is 2.19. The number of unbranched alkanes of at least 4 members (excludes halogenated alkanes) is 30. The van der Waals surface area contributed by atoms with Crippen molar-refractivity contribution < 1.29 is 9.47 Å². The number of rotatable bonds is 40. The van der Waals surface area contributed by atoms with Gasteiger partial charge in [0.1, 0.15) is 11.5 Å². The molecule has 7 heterocycles. The first-order valence-electron chi connectivity index (χ1n) is 34.1. The molecular formula is C78H100N6O2. The summed E-state index contributed by atoms with van der Waals surface area (Å²) >= 11 is 0. The number of hydrogen-bond donors (Lipinski definition) is 2. The third-order valence-corrected chi connectivity index (χ3v) is 17.5. The van der Waals surface area contributed by atoms with Crippen LogP contribution in [0.3, 0.4) is 0 Å². The molecule has 2 aliphatic heterocycles. The number of hydrogen-bond acceptors (Lipinski definition) is 6. The zero-order valence-electron chi connectivity index (χ0n) is 52.5. The van der Waals surface area contributed by atoms with E-state index in [4.69, 9.17) is 19.4 Å². The van der Waals surface area contributed by atoms with Crippen LogP contribution in [0.5, 0.6) is 11.5 Å². The van der Waals surface area contributed by atoms with E-state index in [1.54, 1.807) is 0 Å². The monoisotopic (exact) mass is 1150 g/mol. The number of benzene rings is 2. The van der Waals surface area contributed by atoms with Crippen molar-refractivity contribution in [3.05, 3.63) is 145 Å². The number of aromatic amines is 2. The topological polar surface area (TPSA) is 102 Å². The van der Waals surface area contributed by atoms with Gasteiger partial charge in [-0.15, -0.1) is 0 Å². The van der Waals surface area contributed by atoms with E-state index in [9.17, 15) is 0 Å². The smallest absolute Gasteiger partial charge is 0.119 e. The summed E-state index contributed by atoms with van der Waals surface area (Å²) in [5.74, 6) is 1.77. The lowest BCUT2D eigenvalue weighted by atomic mass is 10.0. The van der Waals surface area contributed by atoms with Gasteiger partial charge in [-0.2, -0.15) is 0 Å². The standard InChI is InChI=1S/C78H100N6O2/c1-3-5-7-9-11-13-15-17-19-21-23-25-27-29-31-33-59-85-65-39-35-61(36-40-65)75-67-43-44-68(81-67)76(62-37-41-66(42-38-62)86-60-34-32-30-28-26-24-22-20-18-16-14-12-10-8-6-4-2)70-46-48-72(83-70)78(64-53-57-80-58-54-64)74-50-49-73(84-74)77(63-51-55-79-56-52-63)71-47-45-69(75)82-71/h35-58,82-83H,3-34,59-60H2,1-2H3. The number of pyridine rings is 2. The maximum absolute atomic E-state index is 6.38. The Labute approximate surface area is 516 Å². The maximum Gasteiger partial charge on any atom is 0.119 e. The number of fused-ring (bicyclic) bond motifs is 8. The van der Waals surface area contributed by atoms with E-state index < -0.39 is 0 Å². The molecular weight excluding hydrogens is 1050 g/mol. The van der Waals surface area contributed by atoms with Gasteiger partial charge in [-0.3, -0.25) is 9.97 Å². The Kier molecular flexibility index (Phi) is 26.7. The van der Waals surface area contributed by atoms with Crippen molar-refractivity contribution >= 4 is 46.4 Å². The highest BCUT2D eigenvalue weighted by Crippen LogP contribution is 2.39. The molecule has 0 aliphatic carbocycles. The first-order chi connectivity index (χ1) is 42.7. The molecule has 7 aromatic rings. The molecule has 0 spiro atoms. The fourth-order valence-corrected chi connectivity index (χ4v) is 12.6. The lowest BCUT2D eigenvalue weighted by Gasteiger charge is -2.09. The fourth-order valence-electron chi connectivity index (χ4n) is 12.6. The minimum atomic E-state index is 0.723. The molecule has 0 radical (unpaired) electrons. The van der Waals surface area contributed by atoms with Gasteiger partial charge < -0.3 is 19.4 Å². The first-order valence-corrected chi connectivity index (χ1v) is 34.1. The van der Waals surface area contributed by atoms with E-state index in [1.807, 2.05) is 24.8 Å². The molecule has 2 aromatic carbocycles. The highest BCUT2D eigenvalue weighted by atomic mass is 16.5. The van der Waals surface area contributed by atoms with Crippen LogP contribution in [0.4, 0.5) is 0 Å². The van der Waals surface area contributed by atoms with Gasteiger partial charge in [0, 0.05) is 69.1 Å². The normalized spacial score (nSPS) is 11.9. The lowest BCUT2D eigenvalue weighted by molar-refractivity contribution is 0.304. The van der Waals surface area contributed by atoms with Crippen molar-refractivity contribution in [2.24, 2.45) is 0 Å². The molecule has 5 aromatic heterocycles. The van der Waals surface area contributed by atoms with Crippen LogP contribution in [-0.4, -0.2) is 43.1 Å². The molecule has 2 aliphatic rings. The van der Waals surface area contributed by atoms with E-state index in [1.165, 1.54) is 193 Å². The van der Waals surface area contributed by atoms with Crippen LogP contribution in [0.2, 0.25) is 0 Å². The average molecular weight is 1150 g/mol. The Hall–Kier alpha value is -7.06. The van der Waals surface area contributed by atoms with E-state index in [2.05, 4.69) is 155 Å². The summed E-state index contributed by atoms with van der Waals surface area (Å²) in [4.78, 5) is 27.6. The maximum atomic E-state index is 6.38. The molecule has 0 atom stereocenters. The number of aromatic nitrogens is 6. The van der Waals surface area contributed by atoms with Crippen molar-refractivity contribution in [2.45, 2.75) is 219 Å². The van der Waals surface area contributed by atoms with E-state index in [0.717, 1.165) is 127 Å². The number of nitrogens with one attached hydrogen (secondary N) is 2. The Morgan fingerprint density at radius 2 is 0.500 bits per heavy atom. The summed E-state index contributed by atoms with van der Waals surface area (Å²) in [5, 5.41) is 0. The van der Waals surface area contributed by atoms with E-state index >= 15 is 0 Å². The molecule has 454 valence electrons. The molecule has 8 nitrogen and oxygen atoms in total. The highest BCUT2D eigenvalue weighted by molar-refractivity contribution is 5.99. The van der Waals surface area contributed by atoms with Crippen molar-refractivity contribution in [1.29, 1.82) is 0 Å². The summed E-state index contributed by atoms with van der Waals surface area (Å²) in [5.41, 5.74) is 15.4. The Balaban J connectivity index is 0.910. The molecule has 0 saturated heterocycles. The minimum absolute atomic E-state index is 0.723. The summed E-state index contributed by atoms with van der Waals surface area (Å²) in [6, 6.07) is 34.1. The predicted octanol–water partition coefficient (Wildman–Crippen LogP) is 23.4. The van der Waals surface area contributed by atoms with Crippen LogP contribution in [0.25, 0.3) is 90.9 Å². The molecule has 0 unspecified atom stereocenters. The molecule has 0 fully saturated rings. The molecule has 0 saturated carbocycles. The van der Waals surface area contributed by atoms with Gasteiger partial charge in [-0.1, -0.05) is 231 Å². The van der Waals surface area contributed by atoms with Crippen molar-refractivity contribution in [1.82, 2.24) is 29.9 Å². The average Bonchev–Trinajstić information content (AvgIpc) is 1.95. The summed E-state index contributed by atoms with van der Waals surface area (Å²) in [6.07, 6.45) is 59.4. The summed E-state index contributed by atoms with van der Waals surface area (Å²) in [6.45, 7) is 6.04. The third-order valence-electron chi connectivity index (χ3n) is 17.5. The minimum Gasteiger partial charge on any atom is -0.494 e. The van der Waals surface area contributed by atoms with Gasteiger partial charge in [-0.25, -0.2) is 9.97 Å². The molecule has 9 rings (SSSR count). The lowest BCUT2D eigenvalue weighted by Crippen LogP contribution is -1.97. The van der Waals surface area contributed by atoms with E-state index in [-0.39, 0.29) is 0 Å². The number of H-pyrrole nitrogens is 2. The van der Waals surface area contributed by atoms with Crippen LogP contribution < -0.4 is 9.47 Å². The van der Waals surface area contributed by atoms with Gasteiger partial charge in [-0.05, 0) is 132 Å². The first kappa shape index (κ1) is 63.4. The zero-order valence-corrected chi connectivity index (χ0v) is 52.5. The molecule has 8 bridgehead atoms. The number of nitrogens with zero attached hydrogens (tertiary/aromatic N) is 4. The molecule has 8 heteroatoms. The summed E-state index contributed by atoms with van der Waals surface area (Å²) in [7, 11) is 0. The Morgan fingerprint density at radius 1 is 0.267 bits per heavy atom. The molecule has 2 N–H and O–H groups in total. The Bertz CT molecular complexity index is 3090. The fraction of sp³-hybridized carbons (Fsp3) is 0.462. The predicted molar refractivity (Wildman–Crippen MR) is 366 cm³/mol. The van der Waals surface area contributed by atoms with Crippen LogP contribution >= 0.6 is 0 Å². The van der Waals surface area contributed by atoms with Crippen LogP contribution in [-0.2, 0) is 0 Å². The van der Waals surface area contributed by atoms with Gasteiger partial charge in [0.15, 0.2) is 0 Å². The zero-order chi connectivity index (χ0) is 59.1. The van der Waals surface area contributed by atoms with E-state index in [0.29, 0.717) is 0 Å². The quantitative estimate of drug-likeness (QED) is 0.0371. The second-order valence-electron chi connectivity index (χ2n) is 24.3. The SMILES string of the molecule is CCCCCCCCCCCCCCCCCCOc1ccc(-c2c3nc(c(-c4ccc(OCCCCCCCCCCCCCCCCCC)cc4)c4ccc([nH]4)c(-c4ccncc4)c4nc(c(-c5ccncc5)c5ccc2[nH]5)C=C4)C=C3)cc1. The second kappa shape index (κ2) is 36.2.